The second-order valence-corrected chi connectivity index (χ2v) is 17.9. The van der Waals surface area contributed by atoms with Crippen LogP contribution in [-0.4, -0.2) is 15.0 Å². The average Bonchev–Trinajstić information content (AvgIpc) is 3.15. The van der Waals surface area contributed by atoms with Crippen molar-refractivity contribution in [1.29, 1.82) is 0 Å². The van der Waals surface area contributed by atoms with Crippen molar-refractivity contribution in [3.8, 4) is 0 Å². The van der Waals surface area contributed by atoms with Gasteiger partial charge in [0.1, 0.15) is 0 Å². The van der Waals surface area contributed by atoms with Gasteiger partial charge in [0, 0.05) is 0 Å². The second-order valence-electron chi connectivity index (χ2n) is 12.4. The summed E-state index contributed by atoms with van der Waals surface area (Å²) in [5.74, 6) is 0. The van der Waals surface area contributed by atoms with Gasteiger partial charge in [-0.3, -0.25) is 4.18 Å². The fourth-order valence-corrected chi connectivity index (χ4v) is 12.0. The zero-order valence-electron chi connectivity index (χ0n) is 28.6. The maximum atomic E-state index is 11.9. The summed E-state index contributed by atoms with van der Waals surface area (Å²) in [5.41, 5.74) is 1.40. The molecule has 5 rings (SSSR count). The molecule has 0 bridgehead atoms. The first kappa shape index (κ1) is 37.3. The Labute approximate surface area is 290 Å². The van der Waals surface area contributed by atoms with Crippen LogP contribution in [0.15, 0.2) is 157 Å². The summed E-state index contributed by atoms with van der Waals surface area (Å²) >= 11 is 0. The van der Waals surface area contributed by atoms with Crippen molar-refractivity contribution in [3.05, 3.63) is 157 Å². The van der Waals surface area contributed by atoms with Gasteiger partial charge < -0.3 is 0 Å². The molecular weight excluding hydrogens is 628 g/mol. The second kappa shape index (κ2) is 20.7. The van der Waals surface area contributed by atoms with Gasteiger partial charge in [-0.15, -0.1) is 0 Å². The Morgan fingerprint density at radius 1 is 0.458 bits per heavy atom. The third-order valence-electron chi connectivity index (χ3n) is 8.88. The van der Waals surface area contributed by atoms with E-state index in [1.165, 1.54) is 72.8 Å². The molecule has 0 aliphatic rings. The van der Waals surface area contributed by atoms with Gasteiger partial charge >= 0.3 is 156 Å². The van der Waals surface area contributed by atoms with Crippen LogP contribution >= 0.6 is 7.26 Å². The fraction of sp³-hybridized carbons (Fsp3) is 0.302. The maximum absolute atomic E-state index is 11.9. The summed E-state index contributed by atoms with van der Waals surface area (Å²) in [6, 6.07) is 52.5. The molecule has 0 saturated carbocycles. The Kier molecular flexibility index (Phi) is 16.1. The number of unbranched alkanes of at least 4 members (excludes halogenated alkanes) is 9. The van der Waals surface area contributed by atoms with Gasteiger partial charge in [0.15, 0.2) is 0 Å². The van der Waals surface area contributed by atoms with E-state index < -0.39 is 17.4 Å². The van der Waals surface area contributed by atoms with Crippen molar-refractivity contribution in [1.82, 2.24) is 0 Å². The van der Waals surface area contributed by atoms with Gasteiger partial charge in [-0.2, -0.15) is 8.42 Å². The molecule has 0 aromatic heterocycles. The molecule has 0 aliphatic heterocycles. The fourth-order valence-electron chi connectivity index (χ4n) is 6.29. The van der Waals surface area contributed by atoms with Crippen LogP contribution < -0.4 is 15.9 Å². The Morgan fingerprint density at radius 2 is 0.812 bits per heavy atom. The van der Waals surface area contributed by atoms with Crippen molar-refractivity contribution in [3.63, 3.8) is 0 Å². The van der Waals surface area contributed by atoms with Gasteiger partial charge in [-0.05, 0) is 18.6 Å². The van der Waals surface area contributed by atoms with Crippen molar-refractivity contribution in [2.24, 2.45) is 0 Å². The molecule has 254 valence electrons. The molecular formula is C43H53O3PS. The van der Waals surface area contributed by atoms with Crippen molar-refractivity contribution < 1.29 is 12.6 Å². The predicted molar refractivity (Wildman–Crippen MR) is 208 cm³/mol. The molecule has 0 radical (unpaired) electrons. The van der Waals surface area contributed by atoms with Crippen LogP contribution in [0.1, 0.15) is 76.7 Å². The molecule has 3 nitrogen and oxygen atoms in total. The number of benzene rings is 5. The van der Waals surface area contributed by atoms with Crippen molar-refractivity contribution in [2.45, 2.75) is 82.2 Å². The van der Waals surface area contributed by atoms with Crippen LogP contribution in [0.2, 0.25) is 0 Å². The standard InChI is InChI=1S/C25H23P.C18H30O3S/c1-5-13-22(14-6-1)21-26(23-15-7-2-8-16-23,24-17-9-3-10-18-24)25-19-11-4-12-20-25;1-2-3-4-5-6-7-8-9-10-14-17-21-22(19,20)18-15-12-11-13-16-18/h1-20,26H,21H2;11-13,15-16H,2-10,14,17H2,1H3. The van der Waals surface area contributed by atoms with Crippen LogP contribution in [0.5, 0.6) is 0 Å². The molecule has 0 atom stereocenters. The molecule has 0 spiro atoms. The van der Waals surface area contributed by atoms with E-state index in [1.54, 1.807) is 30.3 Å². The van der Waals surface area contributed by atoms with E-state index in [0.717, 1.165) is 19.0 Å². The summed E-state index contributed by atoms with van der Waals surface area (Å²) in [6.07, 6.45) is 13.3. The third-order valence-corrected chi connectivity index (χ3v) is 15.1. The Hall–Kier alpha value is -3.56. The van der Waals surface area contributed by atoms with E-state index in [0.29, 0.717) is 0 Å². The first-order valence-electron chi connectivity index (χ1n) is 17.7. The van der Waals surface area contributed by atoms with Crippen LogP contribution in [0.25, 0.3) is 0 Å². The van der Waals surface area contributed by atoms with E-state index in [1.807, 2.05) is 0 Å². The minimum atomic E-state index is -3.57. The normalized spacial score (nSPS) is 11.8. The van der Waals surface area contributed by atoms with Gasteiger partial charge in [-0.1, -0.05) is 82.9 Å². The zero-order valence-corrected chi connectivity index (χ0v) is 30.4. The monoisotopic (exact) mass is 680 g/mol. The van der Waals surface area contributed by atoms with Gasteiger partial charge in [0.2, 0.25) is 0 Å². The SMILES string of the molecule is CCCCCCCCCCCCOS(=O)(=O)c1ccccc1.c1ccc(C[PH](c2ccccc2)(c2ccccc2)c2ccccc2)cc1. The first-order chi connectivity index (χ1) is 23.6. The van der Waals surface area contributed by atoms with Gasteiger partial charge in [0.25, 0.3) is 10.1 Å². The number of hydrogen-bond acceptors (Lipinski definition) is 3. The van der Waals surface area contributed by atoms with E-state index in [2.05, 4.69) is 128 Å². The minimum absolute atomic E-state index is 0.238. The Bertz CT molecular complexity index is 1550. The molecule has 5 heteroatoms. The number of rotatable bonds is 18. The quantitative estimate of drug-likeness (QED) is 0.0526. The van der Waals surface area contributed by atoms with Gasteiger partial charge in [-0.25, -0.2) is 0 Å². The molecule has 48 heavy (non-hydrogen) atoms. The van der Waals surface area contributed by atoms with E-state index >= 15 is 0 Å². The third kappa shape index (κ3) is 11.5. The molecule has 0 unspecified atom stereocenters. The molecule has 0 N–H and O–H groups in total. The molecule has 5 aromatic rings. The van der Waals surface area contributed by atoms with Gasteiger partial charge in [0.05, 0.1) is 11.5 Å². The molecule has 0 amide bonds. The Morgan fingerprint density at radius 3 is 1.23 bits per heavy atom. The van der Waals surface area contributed by atoms with Crippen LogP contribution in [0.4, 0.5) is 0 Å². The summed E-state index contributed by atoms with van der Waals surface area (Å²) in [6.45, 7) is 2.52. The zero-order chi connectivity index (χ0) is 33.8. The van der Waals surface area contributed by atoms with E-state index in [4.69, 9.17) is 4.18 Å². The predicted octanol–water partition coefficient (Wildman–Crippen LogP) is 10.2. The first-order valence-corrected chi connectivity index (χ1v) is 21.3. The molecule has 0 aliphatic carbocycles. The summed E-state index contributed by atoms with van der Waals surface area (Å²) in [5, 5.41) is 4.38. The molecule has 0 heterocycles. The van der Waals surface area contributed by atoms with Crippen LogP contribution in [-0.2, 0) is 20.5 Å². The van der Waals surface area contributed by atoms with Crippen molar-refractivity contribution in [2.75, 3.05) is 6.61 Å². The van der Waals surface area contributed by atoms with Crippen molar-refractivity contribution >= 4 is 33.3 Å². The summed E-state index contributed by atoms with van der Waals surface area (Å²) in [4.78, 5) is 0.238. The average molecular weight is 681 g/mol. The molecule has 0 fully saturated rings. The van der Waals surface area contributed by atoms with Crippen LogP contribution in [0, 0.1) is 0 Å². The van der Waals surface area contributed by atoms with Crippen LogP contribution in [0.3, 0.4) is 0 Å². The Balaban J connectivity index is 0.000000221. The number of hydrogen-bond donors (Lipinski definition) is 0. The molecule has 0 saturated heterocycles. The summed E-state index contributed by atoms with van der Waals surface area (Å²) < 4.78 is 28.8. The molecule has 5 aromatic carbocycles. The topological polar surface area (TPSA) is 43.4 Å². The summed E-state index contributed by atoms with van der Waals surface area (Å²) in [7, 11) is -5.74. The van der Waals surface area contributed by atoms with E-state index in [-0.39, 0.29) is 11.5 Å². The van der Waals surface area contributed by atoms with E-state index in [9.17, 15) is 8.42 Å².